The molecule has 0 radical (unpaired) electrons. The van der Waals surface area contributed by atoms with Gasteiger partial charge in [0.25, 0.3) is 5.91 Å². The van der Waals surface area contributed by atoms with Crippen molar-refractivity contribution in [2.24, 2.45) is 0 Å². The first-order valence-corrected chi connectivity index (χ1v) is 8.48. The minimum absolute atomic E-state index is 0.150. The van der Waals surface area contributed by atoms with Crippen molar-refractivity contribution in [1.29, 1.82) is 0 Å². The fourth-order valence-corrected chi connectivity index (χ4v) is 3.12. The van der Waals surface area contributed by atoms with Crippen LogP contribution in [0.3, 0.4) is 0 Å². The minimum atomic E-state index is -0.150. The van der Waals surface area contributed by atoms with Crippen molar-refractivity contribution in [3.63, 3.8) is 0 Å². The molecule has 0 fully saturated rings. The Labute approximate surface area is 142 Å². The first-order valence-electron chi connectivity index (χ1n) is 7.54. The van der Waals surface area contributed by atoms with Gasteiger partial charge in [-0.2, -0.15) is 0 Å². The van der Waals surface area contributed by atoms with Crippen molar-refractivity contribution in [2.75, 3.05) is 13.2 Å². The number of rotatable bonds is 4. The molecule has 6 nitrogen and oxygen atoms in total. The van der Waals surface area contributed by atoms with E-state index in [9.17, 15) is 4.79 Å². The molecule has 1 aliphatic rings. The van der Waals surface area contributed by atoms with E-state index in [0.717, 1.165) is 17.1 Å². The molecule has 1 aliphatic heterocycles. The molecule has 4 rings (SSSR count). The number of thiazole rings is 1. The maximum Gasteiger partial charge on any atom is 0.268 e. The Morgan fingerprint density at radius 1 is 1.25 bits per heavy atom. The van der Waals surface area contributed by atoms with Crippen molar-refractivity contribution in [3.05, 3.63) is 58.8 Å². The minimum Gasteiger partial charge on any atom is -0.486 e. The zero-order valence-electron chi connectivity index (χ0n) is 12.8. The van der Waals surface area contributed by atoms with Crippen molar-refractivity contribution in [2.45, 2.75) is 6.54 Å². The molecular formula is C17H15N3O3S. The van der Waals surface area contributed by atoms with Gasteiger partial charge in [0.15, 0.2) is 11.5 Å². The van der Waals surface area contributed by atoms with E-state index in [1.54, 1.807) is 11.6 Å². The number of ether oxygens (including phenoxy) is 2. The van der Waals surface area contributed by atoms with E-state index in [1.807, 2.05) is 40.4 Å². The lowest BCUT2D eigenvalue weighted by molar-refractivity contribution is 0.0943. The average Bonchev–Trinajstić information content (AvgIpc) is 3.31. The molecule has 3 heterocycles. The molecule has 0 atom stereocenters. The van der Waals surface area contributed by atoms with Crippen LogP contribution in [0.25, 0.3) is 5.69 Å². The zero-order chi connectivity index (χ0) is 16.4. The quantitative estimate of drug-likeness (QED) is 0.792. The Kier molecular flexibility index (Phi) is 3.92. The summed E-state index contributed by atoms with van der Waals surface area (Å²) in [4.78, 5) is 16.6. The van der Waals surface area contributed by atoms with Gasteiger partial charge >= 0.3 is 0 Å². The lowest BCUT2D eigenvalue weighted by Crippen LogP contribution is -2.25. The molecule has 0 spiro atoms. The van der Waals surface area contributed by atoms with Gasteiger partial charge in [-0.3, -0.25) is 4.79 Å². The normalized spacial score (nSPS) is 12.8. The van der Waals surface area contributed by atoms with Crippen LogP contribution < -0.4 is 14.8 Å². The van der Waals surface area contributed by atoms with E-state index in [1.165, 1.54) is 11.3 Å². The van der Waals surface area contributed by atoms with E-state index in [2.05, 4.69) is 10.3 Å². The van der Waals surface area contributed by atoms with Crippen molar-refractivity contribution in [3.8, 4) is 17.2 Å². The average molecular weight is 341 g/mol. The van der Waals surface area contributed by atoms with Gasteiger partial charge in [-0.1, -0.05) is 0 Å². The predicted molar refractivity (Wildman–Crippen MR) is 90.0 cm³/mol. The third-order valence-electron chi connectivity index (χ3n) is 3.70. The summed E-state index contributed by atoms with van der Waals surface area (Å²) in [5, 5.41) is 4.81. The first-order chi connectivity index (χ1) is 11.8. The van der Waals surface area contributed by atoms with Crippen LogP contribution in [-0.4, -0.2) is 28.7 Å². The molecule has 0 unspecified atom stereocenters. The molecule has 1 amide bonds. The summed E-state index contributed by atoms with van der Waals surface area (Å²) in [6.45, 7) is 1.50. The Balaban J connectivity index is 1.57. The van der Waals surface area contributed by atoms with Crippen LogP contribution in [0.4, 0.5) is 0 Å². The van der Waals surface area contributed by atoms with E-state index >= 15 is 0 Å². The number of carbonyl (C=O) groups is 1. The summed E-state index contributed by atoms with van der Waals surface area (Å²) >= 11 is 1.51. The van der Waals surface area contributed by atoms with E-state index < -0.39 is 0 Å². The van der Waals surface area contributed by atoms with Gasteiger partial charge in [0, 0.05) is 23.3 Å². The number of hydrogen-bond donors (Lipinski definition) is 1. The van der Waals surface area contributed by atoms with E-state index in [4.69, 9.17) is 9.47 Å². The lowest BCUT2D eigenvalue weighted by atomic mass is 10.2. The Morgan fingerprint density at radius 2 is 2.12 bits per heavy atom. The van der Waals surface area contributed by atoms with Crippen LogP contribution in [-0.2, 0) is 6.54 Å². The molecule has 24 heavy (non-hydrogen) atoms. The highest BCUT2D eigenvalue weighted by Crippen LogP contribution is 2.32. The van der Waals surface area contributed by atoms with Gasteiger partial charge in [-0.15, -0.1) is 11.3 Å². The number of nitrogens with one attached hydrogen (secondary N) is 1. The van der Waals surface area contributed by atoms with Gasteiger partial charge < -0.3 is 19.4 Å². The second-order valence-corrected chi connectivity index (χ2v) is 5.97. The fourth-order valence-electron chi connectivity index (χ4n) is 2.56. The summed E-state index contributed by atoms with van der Waals surface area (Å²) < 4.78 is 13.0. The smallest absolute Gasteiger partial charge is 0.268 e. The highest BCUT2D eigenvalue weighted by atomic mass is 32.1. The fraction of sp³-hybridized carbons (Fsp3) is 0.176. The largest absolute Gasteiger partial charge is 0.486 e. The maximum atomic E-state index is 12.5. The SMILES string of the molecule is O=C(NCc1cscn1)c1cccn1-c1ccc2c(c1)OCCO2. The summed E-state index contributed by atoms with van der Waals surface area (Å²) in [6, 6.07) is 9.28. The number of benzene rings is 1. The summed E-state index contributed by atoms with van der Waals surface area (Å²) in [6.07, 6.45) is 1.85. The number of hydrogen-bond acceptors (Lipinski definition) is 5. The van der Waals surface area contributed by atoms with Crippen molar-refractivity contribution in [1.82, 2.24) is 14.9 Å². The molecule has 0 aliphatic carbocycles. The zero-order valence-corrected chi connectivity index (χ0v) is 13.6. The van der Waals surface area contributed by atoms with Crippen LogP contribution >= 0.6 is 11.3 Å². The molecule has 7 heteroatoms. The number of nitrogens with zero attached hydrogens (tertiary/aromatic N) is 2. The standard InChI is InChI=1S/C17H15N3O3S/c21-17(18-9-12-10-24-11-19-12)14-2-1-5-20(14)13-3-4-15-16(8-13)23-7-6-22-15/h1-5,8,10-11H,6-7,9H2,(H,18,21). The maximum absolute atomic E-state index is 12.5. The van der Waals surface area contributed by atoms with Gasteiger partial charge in [-0.25, -0.2) is 4.98 Å². The van der Waals surface area contributed by atoms with Gasteiger partial charge in [0.05, 0.1) is 17.7 Å². The van der Waals surface area contributed by atoms with Crippen LogP contribution in [0.5, 0.6) is 11.5 Å². The molecule has 0 saturated heterocycles. The number of fused-ring (bicyclic) bond motifs is 1. The molecule has 1 N–H and O–H groups in total. The van der Waals surface area contributed by atoms with Gasteiger partial charge in [0.2, 0.25) is 0 Å². The second kappa shape index (κ2) is 6.37. The summed E-state index contributed by atoms with van der Waals surface area (Å²) in [5.74, 6) is 1.27. The van der Waals surface area contributed by atoms with Crippen molar-refractivity contribution >= 4 is 17.2 Å². The van der Waals surface area contributed by atoms with Gasteiger partial charge in [-0.05, 0) is 24.3 Å². The molecule has 0 bridgehead atoms. The van der Waals surface area contributed by atoms with Crippen LogP contribution in [0, 0.1) is 0 Å². The topological polar surface area (TPSA) is 65.4 Å². The monoisotopic (exact) mass is 341 g/mol. The van der Waals surface area contributed by atoms with Gasteiger partial charge in [0.1, 0.15) is 18.9 Å². The third kappa shape index (κ3) is 2.85. The molecular weight excluding hydrogens is 326 g/mol. The number of carbonyl (C=O) groups excluding carboxylic acids is 1. The highest BCUT2D eigenvalue weighted by molar-refractivity contribution is 7.07. The van der Waals surface area contributed by atoms with Crippen LogP contribution in [0.1, 0.15) is 16.2 Å². The first kappa shape index (κ1) is 14.8. The van der Waals surface area contributed by atoms with E-state index in [0.29, 0.717) is 31.2 Å². The van der Waals surface area contributed by atoms with Crippen molar-refractivity contribution < 1.29 is 14.3 Å². The molecule has 1 aromatic carbocycles. The molecule has 2 aromatic heterocycles. The summed E-state index contributed by atoms with van der Waals surface area (Å²) in [5.41, 5.74) is 4.01. The molecule has 3 aromatic rings. The predicted octanol–water partition coefficient (Wildman–Crippen LogP) is 2.64. The lowest BCUT2D eigenvalue weighted by Gasteiger charge is -2.19. The Bertz CT molecular complexity index is 858. The summed E-state index contributed by atoms with van der Waals surface area (Å²) in [7, 11) is 0. The molecule has 122 valence electrons. The Morgan fingerprint density at radius 3 is 2.96 bits per heavy atom. The molecule has 0 saturated carbocycles. The second-order valence-electron chi connectivity index (χ2n) is 5.25. The van der Waals surface area contributed by atoms with Crippen LogP contribution in [0.15, 0.2) is 47.4 Å². The van der Waals surface area contributed by atoms with E-state index in [-0.39, 0.29) is 5.91 Å². The number of amides is 1. The number of aromatic nitrogens is 2. The third-order valence-corrected chi connectivity index (χ3v) is 4.33. The van der Waals surface area contributed by atoms with Crippen LogP contribution in [0.2, 0.25) is 0 Å². The highest BCUT2D eigenvalue weighted by Gasteiger charge is 2.16. The Hall–Kier alpha value is -2.80.